The van der Waals surface area contributed by atoms with Gasteiger partial charge >= 0.3 is 0 Å². The largest absolute Gasteiger partial charge is 0.493 e. The summed E-state index contributed by atoms with van der Waals surface area (Å²) in [4.78, 5) is 11.9. The van der Waals surface area contributed by atoms with E-state index >= 15 is 0 Å². The molecule has 2 nitrogen and oxygen atoms in total. The van der Waals surface area contributed by atoms with Crippen LogP contribution in [-0.4, -0.2) is 12.4 Å². The number of benzene rings is 1. The van der Waals surface area contributed by atoms with Crippen LogP contribution in [-0.2, 0) is 4.79 Å². The quantitative estimate of drug-likeness (QED) is 0.802. The van der Waals surface area contributed by atoms with Gasteiger partial charge in [-0.15, -0.1) is 0 Å². The summed E-state index contributed by atoms with van der Waals surface area (Å²) in [5.74, 6) is 1.80. The highest BCUT2D eigenvalue weighted by Crippen LogP contribution is 2.41. The number of rotatable bonds is 2. The summed E-state index contributed by atoms with van der Waals surface area (Å²) < 4.78 is 5.72. The van der Waals surface area contributed by atoms with Crippen LogP contribution in [0.5, 0.6) is 5.75 Å². The van der Waals surface area contributed by atoms with Gasteiger partial charge in [0.2, 0.25) is 0 Å². The Balaban J connectivity index is 1.81. The van der Waals surface area contributed by atoms with Gasteiger partial charge in [-0.3, -0.25) is 4.79 Å². The number of ether oxygens (including phenoxy) is 1. The highest BCUT2D eigenvalue weighted by atomic mass is 16.5. The zero-order chi connectivity index (χ0) is 14.2. The summed E-state index contributed by atoms with van der Waals surface area (Å²) in [5, 5.41) is 0. The van der Waals surface area contributed by atoms with Crippen molar-refractivity contribution < 1.29 is 9.53 Å². The monoisotopic (exact) mass is 270 g/mol. The second-order valence-electron chi connectivity index (χ2n) is 6.86. The Labute approximate surface area is 120 Å². The lowest BCUT2D eigenvalue weighted by molar-refractivity contribution is -0.117. The van der Waals surface area contributed by atoms with E-state index in [1.165, 1.54) is 11.1 Å². The predicted molar refractivity (Wildman–Crippen MR) is 80.0 cm³/mol. The highest BCUT2D eigenvalue weighted by molar-refractivity contribution is 5.91. The standard InChI is InChI=1S/C18H22O2/c1-18(2)11-13(10-15(19)12-18)9-14-7-8-20-17-6-4-3-5-16(14)17/h3-6,10,14H,7-9,11-12H2,1-2H3. The van der Waals surface area contributed by atoms with Crippen LogP contribution in [0.15, 0.2) is 35.9 Å². The zero-order valence-electron chi connectivity index (χ0n) is 12.3. The number of carbonyl (C=O) groups excluding carboxylic acids is 1. The maximum atomic E-state index is 11.9. The van der Waals surface area contributed by atoms with E-state index in [1.807, 2.05) is 18.2 Å². The predicted octanol–water partition coefficient (Wildman–Crippen LogP) is 4.26. The fraction of sp³-hybridized carbons (Fsp3) is 0.500. The van der Waals surface area contributed by atoms with Crippen molar-refractivity contribution in [3.05, 3.63) is 41.5 Å². The van der Waals surface area contributed by atoms with E-state index in [1.54, 1.807) is 0 Å². The fourth-order valence-electron chi connectivity index (χ4n) is 3.55. The first-order valence-electron chi connectivity index (χ1n) is 7.47. The molecule has 2 aliphatic rings. The molecule has 1 aliphatic heterocycles. The van der Waals surface area contributed by atoms with Gasteiger partial charge in [-0.2, -0.15) is 0 Å². The van der Waals surface area contributed by atoms with Gasteiger partial charge in [-0.05, 0) is 48.3 Å². The van der Waals surface area contributed by atoms with Crippen molar-refractivity contribution in [3.8, 4) is 5.75 Å². The molecular formula is C18H22O2. The van der Waals surface area contributed by atoms with Crippen LogP contribution >= 0.6 is 0 Å². The molecule has 0 aromatic heterocycles. The molecule has 20 heavy (non-hydrogen) atoms. The normalized spacial score (nSPS) is 24.6. The maximum Gasteiger partial charge on any atom is 0.156 e. The number of allylic oxidation sites excluding steroid dienone is 2. The van der Waals surface area contributed by atoms with Gasteiger partial charge in [0.15, 0.2) is 5.78 Å². The molecule has 0 saturated heterocycles. The second kappa shape index (κ2) is 5.08. The van der Waals surface area contributed by atoms with Crippen molar-refractivity contribution in [1.82, 2.24) is 0 Å². The minimum absolute atomic E-state index is 0.117. The third-order valence-corrected chi connectivity index (χ3v) is 4.31. The Bertz CT molecular complexity index is 554. The number of carbonyl (C=O) groups is 1. The molecule has 1 aromatic carbocycles. The number of hydrogen-bond donors (Lipinski definition) is 0. The molecule has 0 spiro atoms. The third-order valence-electron chi connectivity index (χ3n) is 4.31. The third kappa shape index (κ3) is 2.79. The molecule has 0 radical (unpaired) electrons. The molecule has 2 heteroatoms. The van der Waals surface area contributed by atoms with Crippen molar-refractivity contribution in [2.45, 2.75) is 45.4 Å². The van der Waals surface area contributed by atoms with Gasteiger partial charge in [-0.25, -0.2) is 0 Å². The van der Waals surface area contributed by atoms with Gasteiger partial charge < -0.3 is 4.74 Å². The van der Waals surface area contributed by atoms with Gasteiger partial charge in [-0.1, -0.05) is 37.6 Å². The molecule has 0 saturated carbocycles. The lowest BCUT2D eigenvalue weighted by Gasteiger charge is -2.32. The molecule has 106 valence electrons. The van der Waals surface area contributed by atoms with Gasteiger partial charge in [0, 0.05) is 6.42 Å². The lowest BCUT2D eigenvalue weighted by Crippen LogP contribution is -2.23. The van der Waals surface area contributed by atoms with E-state index in [0.717, 1.165) is 31.6 Å². The summed E-state index contributed by atoms with van der Waals surface area (Å²) >= 11 is 0. The molecule has 1 heterocycles. The molecule has 1 aromatic rings. The summed E-state index contributed by atoms with van der Waals surface area (Å²) in [5.41, 5.74) is 2.73. The number of para-hydroxylation sites is 1. The molecule has 0 bridgehead atoms. The minimum Gasteiger partial charge on any atom is -0.493 e. The summed E-state index contributed by atoms with van der Waals surface area (Å²) in [6.07, 6.45) is 5.65. The Morgan fingerprint density at radius 2 is 2.05 bits per heavy atom. The van der Waals surface area contributed by atoms with E-state index in [2.05, 4.69) is 26.0 Å². The van der Waals surface area contributed by atoms with Crippen molar-refractivity contribution in [2.75, 3.05) is 6.61 Å². The van der Waals surface area contributed by atoms with E-state index in [4.69, 9.17) is 4.74 Å². The molecular weight excluding hydrogens is 248 g/mol. The van der Waals surface area contributed by atoms with Crippen molar-refractivity contribution in [2.24, 2.45) is 5.41 Å². The van der Waals surface area contributed by atoms with Crippen LogP contribution in [0.3, 0.4) is 0 Å². The van der Waals surface area contributed by atoms with Crippen LogP contribution in [0.4, 0.5) is 0 Å². The smallest absolute Gasteiger partial charge is 0.156 e. The van der Waals surface area contributed by atoms with Crippen molar-refractivity contribution >= 4 is 5.78 Å². The molecule has 3 rings (SSSR count). The first-order valence-corrected chi connectivity index (χ1v) is 7.47. The van der Waals surface area contributed by atoms with Crippen LogP contribution in [0.25, 0.3) is 0 Å². The van der Waals surface area contributed by atoms with E-state index < -0.39 is 0 Å². The number of ketones is 1. The Morgan fingerprint density at radius 3 is 2.85 bits per heavy atom. The molecule has 1 atom stereocenters. The number of hydrogen-bond acceptors (Lipinski definition) is 2. The first kappa shape index (κ1) is 13.4. The van der Waals surface area contributed by atoms with E-state index in [9.17, 15) is 4.79 Å². The fourth-order valence-corrected chi connectivity index (χ4v) is 3.55. The van der Waals surface area contributed by atoms with Crippen LogP contribution in [0, 0.1) is 5.41 Å². The summed E-state index contributed by atoms with van der Waals surface area (Å²) in [6.45, 7) is 5.16. The number of fused-ring (bicyclic) bond motifs is 1. The Morgan fingerprint density at radius 1 is 1.25 bits per heavy atom. The second-order valence-corrected chi connectivity index (χ2v) is 6.86. The first-order chi connectivity index (χ1) is 9.53. The van der Waals surface area contributed by atoms with E-state index in [-0.39, 0.29) is 11.2 Å². The van der Waals surface area contributed by atoms with Gasteiger partial charge in [0.05, 0.1) is 6.61 Å². The molecule has 0 amide bonds. The Hall–Kier alpha value is -1.57. The zero-order valence-corrected chi connectivity index (χ0v) is 12.3. The van der Waals surface area contributed by atoms with Gasteiger partial charge in [0.1, 0.15) is 5.75 Å². The topological polar surface area (TPSA) is 26.3 Å². The average Bonchev–Trinajstić information content (AvgIpc) is 2.37. The maximum absolute atomic E-state index is 11.9. The lowest BCUT2D eigenvalue weighted by atomic mass is 9.74. The van der Waals surface area contributed by atoms with Crippen LogP contribution in [0.1, 0.15) is 51.0 Å². The summed E-state index contributed by atoms with van der Waals surface area (Å²) in [6, 6.07) is 8.31. The summed E-state index contributed by atoms with van der Waals surface area (Å²) in [7, 11) is 0. The van der Waals surface area contributed by atoms with Gasteiger partial charge in [0.25, 0.3) is 0 Å². The SMILES string of the molecule is CC1(C)CC(=O)C=C(CC2CCOc3ccccc32)C1. The van der Waals surface area contributed by atoms with Crippen molar-refractivity contribution in [1.29, 1.82) is 0 Å². The van der Waals surface area contributed by atoms with Crippen LogP contribution < -0.4 is 4.74 Å². The molecule has 1 aliphatic carbocycles. The molecule has 1 unspecified atom stereocenters. The Kier molecular flexibility index (Phi) is 3.41. The molecule has 0 N–H and O–H groups in total. The molecule has 0 fully saturated rings. The van der Waals surface area contributed by atoms with E-state index in [0.29, 0.717) is 12.3 Å². The van der Waals surface area contributed by atoms with Crippen molar-refractivity contribution in [3.63, 3.8) is 0 Å². The van der Waals surface area contributed by atoms with Crippen LogP contribution in [0.2, 0.25) is 0 Å². The minimum atomic E-state index is 0.117. The highest BCUT2D eigenvalue weighted by Gasteiger charge is 2.30. The average molecular weight is 270 g/mol.